The third-order valence-electron chi connectivity index (χ3n) is 7.74. The predicted octanol–water partition coefficient (Wildman–Crippen LogP) is 5.07. The molecule has 1 aliphatic carbocycles. The third-order valence-corrected chi connectivity index (χ3v) is 7.74. The van der Waals surface area contributed by atoms with Crippen LogP contribution in [0.25, 0.3) is 32.3 Å². The first kappa shape index (κ1) is 22.2. The van der Waals surface area contributed by atoms with Gasteiger partial charge in [-0.1, -0.05) is 0 Å². The zero-order valence-electron chi connectivity index (χ0n) is 20.3. The number of fused-ring (bicyclic) bond motifs is 10. The Kier molecular flexibility index (Phi) is 4.26. The van der Waals surface area contributed by atoms with Crippen LogP contribution in [0, 0.1) is 0 Å². The lowest BCUT2D eigenvalue weighted by atomic mass is 9.73. The van der Waals surface area contributed by atoms with Crippen LogP contribution in [0.5, 0.6) is 34.5 Å². The van der Waals surface area contributed by atoms with Gasteiger partial charge < -0.3 is 29.5 Å². The van der Waals surface area contributed by atoms with Crippen molar-refractivity contribution in [2.75, 3.05) is 14.2 Å². The van der Waals surface area contributed by atoms with Crippen LogP contribution in [0.3, 0.4) is 0 Å². The van der Waals surface area contributed by atoms with E-state index in [0.717, 1.165) is 0 Å². The molecule has 0 saturated carbocycles. The molecule has 0 fully saturated rings. The number of carbonyl (C=O) groups excluding carboxylic acids is 2. The minimum absolute atomic E-state index is 0.0365. The number of phenolic OH excluding ortho intramolecular Hbond substituents is 3. The van der Waals surface area contributed by atoms with E-state index >= 15 is 0 Å². The molecule has 5 aromatic carbocycles. The van der Waals surface area contributed by atoms with Crippen LogP contribution in [0.15, 0.2) is 54.6 Å². The zero-order valence-corrected chi connectivity index (χ0v) is 20.3. The second-order valence-corrected chi connectivity index (χ2v) is 9.63. The summed E-state index contributed by atoms with van der Waals surface area (Å²) in [5, 5.41) is 34.5. The summed E-state index contributed by atoms with van der Waals surface area (Å²) < 4.78 is 17.2. The second-order valence-electron chi connectivity index (χ2n) is 9.63. The van der Waals surface area contributed by atoms with Crippen LogP contribution in [0.4, 0.5) is 0 Å². The first-order valence-electron chi connectivity index (χ1n) is 11.9. The average molecular weight is 508 g/mol. The number of rotatable bonds is 2. The van der Waals surface area contributed by atoms with Crippen molar-refractivity contribution in [2.24, 2.45) is 0 Å². The van der Waals surface area contributed by atoms with Gasteiger partial charge in [0.25, 0.3) is 0 Å². The number of carbonyl (C=O) groups is 2. The van der Waals surface area contributed by atoms with Gasteiger partial charge in [-0.05, 0) is 70.1 Å². The van der Waals surface area contributed by atoms with Crippen LogP contribution in [0.2, 0.25) is 0 Å². The molecule has 2 aliphatic rings. The molecular formula is C30H20O8. The van der Waals surface area contributed by atoms with Gasteiger partial charge in [0.2, 0.25) is 0 Å². The molecule has 5 aromatic rings. The maximum absolute atomic E-state index is 13.9. The third kappa shape index (κ3) is 2.58. The molecule has 0 unspecified atom stereocenters. The molecule has 8 heteroatoms. The Morgan fingerprint density at radius 3 is 2.08 bits per heavy atom. The van der Waals surface area contributed by atoms with Crippen molar-refractivity contribution in [2.45, 2.75) is 11.8 Å². The van der Waals surface area contributed by atoms with Gasteiger partial charge in [0.05, 0.1) is 14.2 Å². The summed E-state index contributed by atoms with van der Waals surface area (Å²) >= 11 is 0. The summed E-state index contributed by atoms with van der Waals surface area (Å²) in [6, 6.07) is 14.2. The van der Waals surface area contributed by atoms with Crippen LogP contribution >= 0.6 is 0 Å². The fraction of sp³-hybridized carbons (Fsp3) is 0.133. The van der Waals surface area contributed by atoms with Gasteiger partial charge in [-0.3, -0.25) is 9.59 Å². The lowest BCUT2D eigenvalue weighted by Gasteiger charge is -2.25. The topological polar surface area (TPSA) is 123 Å². The van der Waals surface area contributed by atoms with Crippen molar-refractivity contribution >= 4 is 44.1 Å². The van der Waals surface area contributed by atoms with Crippen LogP contribution < -0.4 is 14.2 Å². The first-order chi connectivity index (χ1) is 18.3. The Hall–Kier alpha value is -4.98. The fourth-order valence-corrected chi connectivity index (χ4v) is 6.28. The summed E-state index contributed by atoms with van der Waals surface area (Å²) in [5.41, 5.74) is -0.435. The molecule has 3 N–H and O–H groups in total. The molecule has 0 saturated heterocycles. The van der Waals surface area contributed by atoms with Crippen molar-refractivity contribution in [3.63, 3.8) is 0 Å². The molecule has 1 spiro atoms. The highest BCUT2D eigenvalue weighted by atomic mass is 16.5. The highest BCUT2D eigenvalue weighted by Gasteiger charge is 2.60. The maximum Gasteiger partial charge on any atom is 0.327 e. The number of methoxy groups -OCH3 is 2. The Bertz CT molecular complexity index is 1920. The van der Waals surface area contributed by atoms with E-state index in [-0.39, 0.29) is 35.2 Å². The van der Waals surface area contributed by atoms with E-state index in [1.54, 1.807) is 30.3 Å². The number of aromatic hydroxyl groups is 3. The Morgan fingerprint density at radius 1 is 0.763 bits per heavy atom. The molecule has 1 aliphatic heterocycles. The summed E-state index contributed by atoms with van der Waals surface area (Å²) in [6.07, 6.45) is -0.207. The molecule has 0 aromatic heterocycles. The van der Waals surface area contributed by atoms with Crippen LogP contribution in [-0.2, 0) is 10.2 Å². The van der Waals surface area contributed by atoms with Gasteiger partial charge in [-0.2, -0.15) is 0 Å². The number of phenols is 3. The molecule has 188 valence electrons. The van der Waals surface area contributed by atoms with E-state index < -0.39 is 11.4 Å². The van der Waals surface area contributed by atoms with Crippen molar-refractivity contribution in [3.05, 3.63) is 71.3 Å². The maximum atomic E-state index is 13.9. The molecule has 1 atom stereocenters. The highest BCUT2D eigenvalue weighted by Crippen LogP contribution is 2.60. The van der Waals surface area contributed by atoms with E-state index in [9.17, 15) is 24.9 Å². The standard InChI is InChI=1S/C30H20O8/c1-36-21-9-13-7-15(31)3-5-17(13)24-19(33)11-23-28(26(21)24)30(29(35)38-23)12-20(34)25-18-6-4-16(32)8-14(18)10-22(37-2)27(25)30/h3-11,31-33H,12H2,1-2H3/t30-/m1/s1. The smallest absolute Gasteiger partial charge is 0.327 e. The van der Waals surface area contributed by atoms with E-state index in [1.165, 1.54) is 38.5 Å². The molecule has 0 radical (unpaired) electrons. The highest BCUT2D eigenvalue weighted by molar-refractivity contribution is 6.23. The normalized spacial score (nSPS) is 17.8. The minimum atomic E-state index is -1.55. The quantitative estimate of drug-likeness (QED) is 0.172. The molecule has 8 nitrogen and oxygen atoms in total. The van der Waals surface area contributed by atoms with Crippen molar-refractivity contribution in [1.82, 2.24) is 0 Å². The Balaban J connectivity index is 1.68. The van der Waals surface area contributed by atoms with Gasteiger partial charge in [-0.25, -0.2) is 0 Å². The Labute approximate surface area is 215 Å². The summed E-state index contributed by atoms with van der Waals surface area (Å²) in [7, 11) is 2.93. The molecule has 0 bridgehead atoms. The number of hydrogen-bond acceptors (Lipinski definition) is 8. The van der Waals surface area contributed by atoms with Crippen LogP contribution in [-0.4, -0.2) is 41.3 Å². The zero-order chi connectivity index (χ0) is 26.5. The lowest BCUT2D eigenvalue weighted by Crippen LogP contribution is -2.33. The van der Waals surface area contributed by atoms with Crippen molar-refractivity contribution in [3.8, 4) is 34.5 Å². The fourth-order valence-electron chi connectivity index (χ4n) is 6.28. The van der Waals surface area contributed by atoms with E-state index in [4.69, 9.17) is 14.2 Å². The van der Waals surface area contributed by atoms with Crippen LogP contribution in [0.1, 0.15) is 27.9 Å². The molecular weight excluding hydrogens is 488 g/mol. The monoisotopic (exact) mass is 508 g/mol. The van der Waals surface area contributed by atoms with Crippen molar-refractivity contribution < 1.29 is 39.1 Å². The van der Waals surface area contributed by atoms with Gasteiger partial charge >= 0.3 is 5.97 Å². The lowest BCUT2D eigenvalue weighted by molar-refractivity contribution is -0.136. The second kappa shape index (κ2) is 7.29. The minimum Gasteiger partial charge on any atom is -0.508 e. The van der Waals surface area contributed by atoms with Crippen molar-refractivity contribution in [1.29, 1.82) is 0 Å². The Morgan fingerprint density at radius 2 is 1.39 bits per heavy atom. The van der Waals surface area contributed by atoms with Gasteiger partial charge in [0.1, 0.15) is 39.9 Å². The number of ether oxygens (including phenoxy) is 3. The summed E-state index contributed by atoms with van der Waals surface area (Å²) in [6.45, 7) is 0. The number of esters is 1. The van der Waals surface area contributed by atoms with E-state index in [0.29, 0.717) is 60.5 Å². The van der Waals surface area contributed by atoms with E-state index in [2.05, 4.69) is 0 Å². The number of ketones is 1. The molecule has 0 amide bonds. The number of Topliss-reactive ketones (excluding diaryl/α,β-unsaturated/α-hetero) is 1. The van der Waals surface area contributed by atoms with Gasteiger partial charge in [0, 0.05) is 39.9 Å². The van der Waals surface area contributed by atoms with Gasteiger partial charge in [0.15, 0.2) is 5.78 Å². The number of benzene rings is 5. The molecule has 1 heterocycles. The molecule has 38 heavy (non-hydrogen) atoms. The van der Waals surface area contributed by atoms with E-state index in [1.807, 2.05) is 0 Å². The predicted molar refractivity (Wildman–Crippen MR) is 139 cm³/mol. The largest absolute Gasteiger partial charge is 0.508 e. The summed E-state index contributed by atoms with van der Waals surface area (Å²) in [5.74, 6) is -0.204. The first-order valence-corrected chi connectivity index (χ1v) is 11.9. The molecule has 7 rings (SSSR count). The SMILES string of the molecule is COc1cc2cc(O)ccc2c2c1[C@@]1(CC2=O)C(=O)Oc2cc(O)c3c(c(OC)cc4cc(O)ccc43)c21. The van der Waals surface area contributed by atoms with Gasteiger partial charge in [-0.15, -0.1) is 0 Å². The average Bonchev–Trinajstić information content (AvgIpc) is 3.35. The summed E-state index contributed by atoms with van der Waals surface area (Å²) in [4.78, 5) is 27.6. The number of hydrogen-bond donors (Lipinski definition) is 3.